The van der Waals surface area contributed by atoms with Gasteiger partial charge in [-0.1, -0.05) is 12.2 Å². The summed E-state index contributed by atoms with van der Waals surface area (Å²) in [6, 6.07) is 6.48. The van der Waals surface area contributed by atoms with Crippen molar-refractivity contribution in [2.75, 3.05) is 12.0 Å². The highest BCUT2D eigenvalue weighted by atomic mass is 16.5. The largest absolute Gasteiger partial charge is 0.465 e. The Hall–Kier alpha value is -2.43. The van der Waals surface area contributed by atoms with E-state index in [2.05, 4.69) is 16.9 Å². The maximum absolute atomic E-state index is 13.0. The van der Waals surface area contributed by atoms with Crippen LogP contribution in [0, 0.1) is 35.5 Å². The van der Waals surface area contributed by atoms with Crippen LogP contribution in [0.4, 0.5) is 5.69 Å². The lowest BCUT2D eigenvalue weighted by molar-refractivity contribution is -0.124. The fourth-order valence-electron chi connectivity index (χ4n) is 5.08. The molecular formula is C19H17NO4. The van der Waals surface area contributed by atoms with Gasteiger partial charge in [0.05, 0.1) is 30.2 Å². The molecule has 3 fully saturated rings. The number of benzene rings is 1. The number of hydrogen-bond acceptors (Lipinski definition) is 4. The third-order valence-electron chi connectivity index (χ3n) is 6.21. The van der Waals surface area contributed by atoms with E-state index >= 15 is 0 Å². The fraction of sp³-hybridized carbons (Fsp3) is 0.421. The number of ether oxygens (including phenoxy) is 1. The van der Waals surface area contributed by atoms with Crippen LogP contribution >= 0.6 is 0 Å². The van der Waals surface area contributed by atoms with E-state index in [9.17, 15) is 14.4 Å². The molecule has 5 nitrogen and oxygen atoms in total. The van der Waals surface area contributed by atoms with Crippen LogP contribution in [-0.2, 0) is 14.3 Å². The minimum absolute atomic E-state index is 0.0829. The van der Waals surface area contributed by atoms with E-state index in [1.54, 1.807) is 24.3 Å². The van der Waals surface area contributed by atoms with Crippen molar-refractivity contribution in [3.63, 3.8) is 0 Å². The minimum Gasteiger partial charge on any atom is -0.465 e. The molecule has 0 aromatic heterocycles. The van der Waals surface area contributed by atoms with Crippen LogP contribution < -0.4 is 4.90 Å². The zero-order valence-corrected chi connectivity index (χ0v) is 13.2. The first-order valence-electron chi connectivity index (χ1n) is 8.36. The van der Waals surface area contributed by atoms with Crippen LogP contribution in [0.1, 0.15) is 16.8 Å². The summed E-state index contributed by atoms with van der Waals surface area (Å²) in [4.78, 5) is 38.8. The van der Waals surface area contributed by atoms with Gasteiger partial charge in [0, 0.05) is 0 Å². The topological polar surface area (TPSA) is 63.7 Å². The maximum Gasteiger partial charge on any atom is 0.337 e. The van der Waals surface area contributed by atoms with Crippen molar-refractivity contribution < 1.29 is 19.1 Å². The first-order valence-corrected chi connectivity index (χ1v) is 8.36. The Morgan fingerprint density at radius 2 is 1.54 bits per heavy atom. The molecule has 2 bridgehead atoms. The molecule has 1 heterocycles. The zero-order chi connectivity index (χ0) is 16.6. The molecule has 1 aromatic carbocycles. The molecule has 1 aromatic rings. The number of esters is 1. The summed E-state index contributed by atoms with van der Waals surface area (Å²) < 4.78 is 4.68. The van der Waals surface area contributed by atoms with Crippen LogP contribution in [0.15, 0.2) is 36.4 Å². The molecule has 24 heavy (non-hydrogen) atoms. The third-order valence-corrected chi connectivity index (χ3v) is 6.21. The Morgan fingerprint density at radius 1 is 1.00 bits per heavy atom. The van der Waals surface area contributed by atoms with E-state index < -0.39 is 5.97 Å². The molecule has 6 atom stereocenters. The lowest BCUT2D eigenvalue weighted by Crippen LogP contribution is -2.40. The first-order chi connectivity index (χ1) is 11.6. The molecule has 0 unspecified atom stereocenters. The van der Waals surface area contributed by atoms with E-state index in [1.165, 1.54) is 12.0 Å². The average molecular weight is 323 g/mol. The summed E-state index contributed by atoms with van der Waals surface area (Å²) in [6.07, 6.45) is 5.48. The lowest BCUT2D eigenvalue weighted by Gasteiger charge is -2.37. The highest BCUT2D eigenvalue weighted by Gasteiger charge is 2.67. The molecule has 2 saturated carbocycles. The minimum atomic E-state index is -0.434. The molecule has 2 amide bonds. The van der Waals surface area contributed by atoms with Crippen molar-refractivity contribution in [3.05, 3.63) is 42.0 Å². The van der Waals surface area contributed by atoms with Gasteiger partial charge in [0.2, 0.25) is 11.8 Å². The number of methoxy groups -OCH3 is 1. The first kappa shape index (κ1) is 14.0. The van der Waals surface area contributed by atoms with Gasteiger partial charge in [0.15, 0.2) is 0 Å². The molecule has 0 N–H and O–H groups in total. The van der Waals surface area contributed by atoms with Gasteiger partial charge in [-0.15, -0.1) is 0 Å². The monoisotopic (exact) mass is 323 g/mol. The summed E-state index contributed by atoms with van der Waals surface area (Å²) in [5, 5.41) is 0. The van der Waals surface area contributed by atoms with Gasteiger partial charge in [0.25, 0.3) is 0 Å². The summed E-state index contributed by atoms with van der Waals surface area (Å²) in [5.74, 6) is 0.645. The van der Waals surface area contributed by atoms with Crippen molar-refractivity contribution >= 4 is 23.5 Å². The zero-order valence-electron chi connectivity index (χ0n) is 13.2. The second-order valence-electron chi connectivity index (χ2n) is 7.20. The Labute approximate surface area is 139 Å². The van der Waals surface area contributed by atoms with Crippen molar-refractivity contribution in [1.82, 2.24) is 0 Å². The highest BCUT2D eigenvalue weighted by Crippen LogP contribution is 2.65. The summed E-state index contributed by atoms with van der Waals surface area (Å²) in [7, 11) is 1.32. The number of anilines is 1. The van der Waals surface area contributed by atoms with Crippen molar-refractivity contribution in [3.8, 4) is 0 Å². The van der Waals surface area contributed by atoms with Crippen molar-refractivity contribution in [2.24, 2.45) is 35.5 Å². The molecule has 5 heteroatoms. The molecule has 6 rings (SSSR count). The molecule has 0 spiro atoms. The molecule has 122 valence electrons. The quantitative estimate of drug-likeness (QED) is 0.475. The SMILES string of the molecule is COC(=O)c1ccc(N2C(=O)[C@@H]3[C@H]4C=C[C@@H]([C@@H]5C[C@H]45)[C@@H]3C2=O)cc1. The van der Waals surface area contributed by atoms with Crippen LogP contribution in [-0.4, -0.2) is 24.9 Å². The van der Waals surface area contributed by atoms with Gasteiger partial charge < -0.3 is 4.74 Å². The molecule has 4 aliphatic carbocycles. The van der Waals surface area contributed by atoms with Crippen LogP contribution in [0.3, 0.4) is 0 Å². The Morgan fingerprint density at radius 3 is 2.04 bits per heavy atom. The lowest BCUT2D eigenvalue weighted by atomic mass is 9.63. The van der Waals surface area contributed by atoms with Crippen LogP contribution in [0.2, 0.25) is 0 Å². The van der Waals surface area contributed by atoms with Crippen LogP contribution in [0.25, 0.3) is 0 Å². The van der Waals surface area contributed by atoms with Gasteiger partial charge in [0.1, 0.15) is 0 Å². The number of rotatable bonds is 2. The maximum atomic E-state index is 13.0. The number of allylic oxidation sites excluding steroid dienone is 2. The third kappa shape index (κ3) is 1.62. The average Bonchev–Trinajstić information content (AvgIpc) is 3.39. The second kappa shape index (κ2) is 4.56. The normalized spacial score (nSPS) is 38.1. The van der Waals surface area contributed by atoms with E-state index in [0.717, 1.165) is 6.42 Å². The van der Waals surface area contributed by atoms with E-state index in [-0.39, 0.29) is 35.5 Å². The standard InChI is InChI=1S/C19H17NO4/c1-24-19(23)9-2-4-10(5-3-9)20-17(21)15-11-6-7-12(14-8-13(11)14)16(15)18(20)22/h2-7,11-16H,8H2,1H3/t11-,12-,13-,14+,15-,16+/m0/s1. The number of carbonyl (C=O) groups excluding carboxylic acids is 3. The number of hydrogen-bond donors (Lipinski definition) is 0. The fourth-order valence-corrected chi connectivity index (χ4v) is 5.08. The van der Waals surface area contributed by atoms with E-state index in [4.69, 9.17) is 0 Å². The van der Waals surface area contributed by atoms with Gasteiger partial charge in [-0.05, 0) is 54.4 Å². The summed E-state index contributed by atoms with van der Waals surface area (Å²) >= 11 is 0. The number of carbonyl (C=O) groups is 3. The Balaban J connectivity index is 1.49. The summed E-state index contributed by atoms with van der Waals surface area (Å²) in [6.45, 7) is 0. The van der Waals surface area contributed by atoms with Crippen molar-refractivity contribution in [2.45, 2.75) is 6.42 Å². The number of amides is 2. The van der Waals surface area contributed by atoms with E-state index in [0.29, 0.717) is 23.1 Å². The van der Waals surface area contributed by atoms with Crippen molar-refractivity contribution in [1.29, 1.82) is 0 Å². The van der Waals surface area contributed by atoms with E-state index in [1.807, 2.05) is 0 Å². The second-order valence-corrected chi connectivity index (χ2v) is 7.20. The Kier molecular flexibility index (Phi) is 2.65. The number of imide groups is 1. The van der Waals surface area contributed by atoms with Gasteiger partial charge in [-0.2, -0.15) is 0 Å². The van der Waals surface area contributed by atoms with Gasteiger partial charge in [-0.25, -0.2) is 4.79 Å². The van der Waals surface area contributed by atoms with Gasteiger partial charge in [-0.3, -0.25) is 14.5 Å². The molecule has 1 aliphatic heterocycles. The predicted octanol–water partition coefficient (Wildman–Crippen LogP) is 2.03. The Bertz CT molecular complexity index is 760. The smallest absolute Gasteiger partial charge is 0.337 e. The predicted molar refractivity (Wildman–Crippen MR) is 85.0 cm³/mol. The summed E-state index contributed by atoms with van der Waals surface area (Å²) in [5.41, 5.74) is 0.945. The van der Waals surface area contributed by atoms with Crippen LogP contribution in [0.5, 0.6) is 0 Å². The number of nitrogens with zero attached hydrogens (tertiary/aromatic N) is 1. The molecule has 0 radical (unpaired) electrons. The highest BCUT2D eigenvalue weighted by molar-refractivity contribution is 6.22. The molecule has 5 aliphatic rings. The van der Waals surface area contributed by atoms with Gasteiger partial charge >= 0.3 is 5.97 Å². The molecular weight excluding hydrogens is 306 g/mol. The molecule has 1 saturated heterocycles.